The second-order valence-electron chi connectivity index (χ2n) is 10.7. The van der Waals surface area contributed by atoms with Crippen molar-refractivity contribution in [2.45, 2.75) is 0 Å². The number of rotatable bonds is 5. The lowest BCUT2D eigenvalue weighted by Crippen LogP contribution is -2.00. The molecule has 0 atom stereocenters. The quantitative estimate of drug-likeness (QED) is 0.191. The minimum absolute atomic E-state index is 0.565. The Morgan fingerprint density at radius 2 is 1.02 bits per heavy atom. The lowest BCUT2D eigenvalue weighted by Gasteiger charge is -2.09. The average molecular weight is 577 g/mol. The normalized spacial score (nSPS) is 11.1. The topological polar surface area (TPSA) is 60.9 Å². The zero-order chi connectivity index (χ0) is 30.2. The molecule has 0 saturated heterocycles. The van der Waals surface area contributed by atoms with Gasteiger partial charge in [0.25, 0.3) is 0 Å². The van der Waals surface area contributed by atoms with E-state index in [0.29, 0.717) is 23.2 Å². The number of nitrogens with zero attached hydrogens (tertiary/aromatic N) is 6. The summed E-state index contributed by atoms with van der Waals surface area (Å²) in [6, 6.07) is 46.5. The van der Waals surface area contributed by atoms with Gasteiger partial charge < -0.3 is 4.57 Å². The van der Waals surface area contributed by atoms with Crippen molar-refractivity contribution in [1.82, 2.24) is 24.5 Å². The molecule has 6 nitrogen and oxygen atoms in total. The Balaban J connectivity index is 1.22. The van der Waals surface area contributed by atoms with E-state index >= 15 is 0 Å². The van der Waals surface area contributed by atoms with E-state index in [1.165, 1.54) is 0 Å². The minimum Gasteiger partial charge on any atom is -0.309 e. The maximum atomic E-state index is 7.58. The fourth-order valence-corrected chi connectivity index (χ4v) is 5.73. The molecule has 0 radical (unpaired) electrons. The summed E-state index contributed by atoms with van der Waals surface area (Å²) in [6.07, 6.45) is 1.82. The highest BCUT2D eigenvalue weighted by molar-refractivity contribution is 6.11. The molecule has 3 aromatic heterocycles. The van der Waals surface area contributed by atoms with Gasteiger partial charge in [0.15, 0.2) is 23.2 Å². The van der Waals surface area contributed by atoms with Gasteiger partial charge in [0.05, 0.1) is 23.3 Å². The van der Waals surface area contributed by atoms with E-state index in [-0.39, 0.29) is 0 Å². The van der Waals surface area contributed by atoms with E-state index < -0.39 is 0 Å². The van der Waals surface area contributed by atoms with E-state index in [9.17, 15) is 0 Å². The molecule has 0 amide bonds. The molecule has 3 heterocycles. The van der Waals surface area contributed by atoms with E-state index in [2.05, 4.69) is 39.7 Å². The molecule has 0 fully saturated rings. The van der Waals surface area contributed by atoms with Gasteiger partial charge in [-0.3, -0.25) is 4.98 Å². The number of hydrogen-bond acceptors (Lipinski definition) is 4. The minimum atomic E-state index is 0.565. The van der Waals surface area contributed by atoms with Gasteiger partial charge in [0, 0.05) is 39.5 Å². The monoisotopic (exact) mass is 576 g/mol. The lowest BCUT2D eigenvalue weighted by atomic mass is 10.1. The smallest absolute Gasteiger partial charge is 0.188 e. The predicted octanol–water partition coefficient (Wildman–Crippen LogP) is 9.58. The summed E-state index contributed by atoms with van der Waals surface area (Å²) < 4.78 is 2.24. The van der Waals surface area contributed by atoms with Gasteiger partial charge in [-0.25, -0.2) is 19.8 Å². The standard InChI is InChI=1S/C39H24N6/c1-40-30-19-22-36-33(24-30)32-23-28(18-21-35(32)45(36)31-15-9-4-10-16-31)34-20-17-29(25-41-34)39-43-37(26-11-5-2-6-12-26)42-38(44-39)27-13-7-3-8-14-27/h2-25H. The summed E-state index contributed by atoms with van der Waals surface area (Å²) >= 11 is 0. The number of benzene rings is 5. The second-order valence-corrected chi connectivity index (χ2v) is 10.7. The van der Waals surface area contributed by atoms with Gasteiger partial charge in [-0.05, 0) is 53.9 Å². The largest absolute Gasteiger partial charge is 0.309 e. The zero-order valence-corrected chi connectivity index (χ0v) is 24.0. The Kier molecular flexibility index (Phi) is 6.40. The summed E-state index contributed by atoms with van der Waals surface area (Å²) in [5.41, 5.74) is 8.30. The summed E-state index contributed by atoms with van der Waals surface area (Å²) in [5.74, 6) is 1.79. The van der Waals surface area contributed by atoms with Gasteiger partial charge >= 0.3 is 0 Å². The molecule has 0 N–H and O–H groups in total. The number of aromatic nitrogens is 5. The van der Waals surface area contributed by atoms with Crippen molar-refractivity contribution in [1.29, 1.82) is 0 Å². The molecule has 8 rings (SSSR count). The van der Waals surface area contributed by atoms with Crippen LogP contribution in [0.3, 0.4) is 0 Å². The van der Waals surface area contributed by atoms with Crippen LogP contribution in [0.25, 0.3) is 77.8 Å². The Bertz CT molecular complexity index is 2300. The Labute approximate surface area is 259 Å². The molecule has 8 aromatic rings. The maximum absolute atomic E-state index is 7.58. The van der Waals surface area contributed by atoms with Crippen molar-refractivity contribution in [3.8, 4) is 51.1 Å². The Hall–Kier alpha value is -6.45. The van der Waals surface area contributed by atoms with Crippen LogP contribution in [0.1, 0.15) is 0 Å². The summed E-state index contributed by atoms with van der Waals surface area (Å²) in [6.45, 7) is 7.58. The summed E-state index contributed by atoms with van der Waals surface area (Å²) in [4.78, 5) is 23.0. The molecule has 45 heavy (non-hydrogen) atoms. The average Bonchev–Trinajstić information content (AvgIpc) is 3.45. The Morgan fingerprint density at radius 1 is 0.489 bits per heavy atom. The fraction of sp³-hybridized carbons (Fsp3) is 0. The van der Waals surface area contributed by atoms with E-state index in [1.807, 2.05) is 115 Å². The van der Waals surface area contributed by atoms with Crippen LogP contribution in [-0.2, 0) is 0 Å². The predicted molar refractivity (Wildman–Crippen MR) is 180 cm³/mol. The van der Waals surface area contributed by atoms with Gasteiger partial charge in [0.1, 0.15) is 0 Å². The van der Waals surface area contributed by atoms with Gasteiger partial charge in [-0.2, -0.15) is 0 Å². The third-order valence-electron chi connectivity index (χ3n) is 7.91. The molecule has 5 aromatic carbocycles. The highest BCUT2D eigenvalue weighted by atomic mass is 15.0. The number of fused-ring (bicyclic) bond motifs is 3. The molecule has 0 aliphatic heterocycles. The summed E-state index contributed by atoms with van der Waals surface area (Å²) in [7, 11) is 0. The number of para-hydroxylation sites is 1. The van der Waals surface area contributed by atoms with E-state index in [1.54, 1.807) is 0 Å². The fourth-order valence-electron chi connectivity index (χ4n) is 5.73. The van der Waals surface area contributed by atoms with Crippen LogP contribution in [0.15, 0.2) is 146 Å². The first-order valence-corrected chi connectivity index (χ1v) is 14.6. The lowest BCUT2D eigenvalue weighted by molar-refractivity contribution is 1.07. The maximum Gasteiger partial charge on any atom is 0.188 e. The van der Waals surface area contributed by atoms with Gasteiger partial charge in [-0.15, -0.1) is 0 Å². The van der Waals surface area contributed by atoms with Crippen molar-refractivity contribution in [2.75, 3.05) is 0 Å². The first-order valence-electron chi connectivity index (χ1n) is 14.6. The highest BCUT2D eigenvalue weighted by Gasteiger charge is 2.16. The summed E-state index contributed by atoms with van der Waals surface area (Å²) in [5, 5.41) is 2.10. The van der Waals surface area contributed by atoms with Crippen LogP contribution in [0.2, 0.25) is 0 Å². The van der Waals surface area contributed by atoms with Crippen molar-refractivity contribution >= 4 is 27.5 Å². The zero-order valence-electron chi connectivity index (χ0n) is 24.0. The molecule has 0 bridgehead atoms. The molecule has 6 heteroatoms. The van der Waals surface area contributed by atoms with Crippen molar-refractivity contribution in [3.05, 3.63) is 157 Å². The highest BCUT2D eigenvalue weighted by Crippen LogP contribution is 2.36. The van der Waals surface area contributed by atoms with Crippen molar-refractivity contribution < 1.29 is 0 Å². The van der Waals surface area contributed by atoms with Gasteiger partial charge in [-0.1, -0.05) is 91.0 Å². The second kappa shape index (κ2) is 11.0. The van der Waals surface area contributed by atoms with Crippen LogP contribution in [0.4, 0.5) is 5.69 Å². The molecule has 0 aliphatic carbocycles. The first kappa shape index (κ1) is 26.2. The Morgan fingerprint density at radius 3 is 1.60 bits per heavy atom. The van der Waals surface area contributed by atoms with Gasteiger partial charge in [0.2, 0.25) is 0 Å². The van der Waals surface area contributed by atoms with Crippen molar-refractivity contribution in [2.24, 2.45) is 0 Å². The molecular weight excluding hydrogens is 552 g/mol. The SMILES string of the molecule is [C-]#[N+]c1ccc2c(c1)c1cc(-c3ccc(-c4nc(-c5ccccc5)nc(-c5ccccc5)n4)cn3)ccc1n2-c1ccccc1. The number of pyridine rings is 1. The molecule has 0 aliphatic rings. The van der Waals surface area contributed by atoms with Crippen LogP contribution < -0.4 is 0 Å². The van der Waals surface area contributed by atoms with E-state index in [0.717, 1.165) is 55.4 Å². The van der Waals surface area contributed by atoms with Crippen LogP contribution in [0, 0.1) is 6.57 Å². The van der Waals surface area contributed by atoms with Crippen molar-refractivity contribution in [3.63, 3.8) is 0 Å². The van der Waals surface area contributed by atoms with E-state index in [4.69, 9.17) is 26.5 Å². The van der Waals surface area contributed by atoms with Crippen LogP contribution in [-0.4, -0.2) is 24.5 Å². The number of hydrogen-bond donors (Lipinski definition) is 0. The molecule has 0 spiro atoms. The van der Waals surface area contributed by atoms with Crippen LogP contribution >= 0.6 is 0 Å². The molecule has 0 saturated carbocycles. The van der Waals surface area contributed by atoms with Crippen LogP contribution in [0.5, 0.6) is 0 Å². The third kappa shape index (κ3) is 4.79. The molecule has 210 valence electrons. The molecule has 0 unspecified atom stereocenters. The molecular formula is C39H24N6. The first-order chi connectivity index (χ1) is 22.2. The third-order valence-corrected chi connectivity index (χ3v) is 7.91.